The number of hydrogen-bond acceptors (Lipinski definition) is 3. The van der Waals surface area contributed by atoms with Gasteiger partial charge < -0.3 is 5.32 Å². The Hall–Kier alpha value is -0.900. The maximum absolute atomic E-state index is 3.92. The molecule has 1 heterocycles. The lowest BCUT2D eigenvalue weighted by molar-refractivity contribution is 0.300. The molecular weight excluding hydrogens is 212 g/mol. The number of aryl methyl sites for hydroxylation is 1. The predicted molar refractivity (Wildman–Crippen MR) is 70.6 cm³/mol. The maximum Gasteiger partial charge on any atom is 0.0738 e. The standard InChI is InChI=1S/C13H26N4/c1-5-6-7-8-13(2,3)11-14-9-12-10-15-16-17(12)4/h10,14H,5-9,11H2,1-4H3. The average molecular weight is 238 g/mol. The lowest BCUT2D eigenvalue weighted by Gasteiger charge is -2.25. The maximum atomic E-state index is 3.92. The Morgan fingerprint density at radius 2 is 2.12 bits per heavy atom. The van der Waals surface area contributed by atoms with Crippen LogP contribution < -0.4 is 5.32 Å². The van der Waals surface area contributed by atoms with Crippen LogP contribution in [-0.4, -0.2) is 21.5 Å². The molecule has 0 atom stereocenters. The van der Waals surface area contributed by atoms with Gasteiger partial charge in [0.05, 0.1) is 11.9 Å². The summed E-state index contributed by atoms with van der Waals surface area (Å²) in [5, 5.41) is 11.3. The van der Waals surface area contributed by atoms with Crippen LogP contribution in [0.25, 0.3) is 0 Å². The van der Waals surface area contributed by atoms with E-state index in [9.17, 15) is 0 Å². The second kappa shape index (κ2) is 6.74. The van der Waals surface area contributed by atoms with Crippen molar-refractivity contribution < 1.29 is 0 Å². The van der Waals surface area contributed by atoms with Crippen molar-refractivity contribution in [3.05, 3.63) is 11.9 Å². The summed E-state index contributed by atoms with van der Waals surface area (Å²) in [5.74, 6) is 0. The van der Waals surface area contributed by atoms with Gasteiger partial charge >= 0.3 is 0 Å². The molecule has 0 amide bonds. The van der Waals surface area contributed by atoms with Crippen LogP contribution in [0.15, 0.2) is 6.20 Å². The van der Waals surface area contributed by atoms with Crippen LogP contribution in [0.4, 0.5) is 0 Å². The summed E-state index contributed by atoms with van der Waals surface area (Å²) in [6, 6.07) is 0. The predicted octanol–water partition coefficient (Wildman–Crippen LogP) is 2.51. The second-order valence-electron chi connectivity index (χ2n) is 5.57. The van der Waals surface area contributed by atoms with Crippen LogP contribution in [-0.2, 0) is 13.6 Å². The van der Waals surface area contributed by atoms with Gasteiger partial charge in [-0.25, -0.2) is 0 Å². The minimum absolute atomic E-state index is 0.376. The van der Waals surface area contributed by atoms with Crippen LogP contribution >= 0.6 is 0 Å². The fraction of sp³-hybridized carbons (Fsp3) is 0.846. The van der Waals surface area contributed by atoms with Crippen molar-refractivity contribution in [3.63, 3.8) is 0 Å². The number of unbranched alkanes of at least 4 members (excludes halogenated alkanes) is 2. The van der Waals surface area contributed by atoms with Crippen molar-refractivity contribution in [2.75, 3.05) is 6.54 Å². The largest absolute Gasteiger partial charge is 0.311 e. The summed E-state index contributed by atoms with van der Waals surface area (Å²) < 4.78 is 1.82. The first-order valence-corrected chi connectivity index (χ1v) is 6.59. The monoisotopic (exact) mass is 238 g/mol. The molecule has 17 heavy (non-hydrogen) atoms. The van der Waals surface area contributed by atoms with Gasteiger partial charge in [-0.05, 0) is 11.8 Å². The van der Waals surface area contributed by atoms with Crippen LogP contribution in [0.3, 0.4) is 0 Å². The zero-order chi connectivity index (χ0) is 12.7. The molecule has 0 bridgehead atoms. The average Bonchev–Trinajstić information content (AvgIpc) is 2.64. The Labute approximate surface area is 105 Å². The zero-order valence-corrected chi connectivity index (χ0v) is 11.7. The van der Waals surface area contributed by atoms with E-state index in [1.807, 2.05) is 17.9 Å². The number of nitrogens with zero attached hydrogens (tertiary/aromatic N) is 3. The molecule has 0 radical (unpaired) electrons. The van der Waals surface area contributed by atoms with Crippen molar-refractivity contribution in [1.82, 2.24) is 20.3 Å². The highest BCUT2D eigenvalue weighted by Crippen LogP contribution is 2.22. The molecule has 4 heteroatoms. The molecule has 0 aliphatic rings. The highest BCUT2D eigenvalue weighted by molar-refractivity contribution is 4.92. The molecule has 0 aromatic carbocycles. The van der Waals surface area contributed by atoms with E-state index in [0.717, 1.165) is 18.8 Å². The molecule has 0 aliphatic carbocycles. The smallest absolute Gasteiger partial charge is 0.0738 e. The number of aromatic nitrogens is 3. The van der Waals surface area contributed by atoms with Crippen molar-refractivity contribution in [2.45, 2.75) is 53.0 Å². The highest BCUT2D eigenvalue weighted by Gasteiger charge is 2.16. The Balaban J connectivity index is 2.23. The van der Waals surface area contributed by atoms with E-state index in [1.54, 1.807) is 0 Å². The third kappa shape index (κ3) is 5.31. The molecule has 0 fully saturated rings. The van der Waals surface area contributed by atoms with Gasteiger partial charge in [-0.2, -0.15) is 0 Å². The molecule has 1 aromatic rings. The van der Waals surface area contributed by atoms with Crippen molar-refractivity contribution in [3.8, 4) is 0 Å². The van der Waals surface area contributed by atoms with Crippen molar-refractivity contribution >= 4 is 0 Å². The molecule has 1 N–H and O–H groups in total. The third-order valence-corrected chi connectivity index (χ3v) is 3.17. The van der Waals surface area contributed by atoms with Gasteiger partial charge in [0.2, 0.25) is 0 Å². The summed E-state index contributed by atoms with van der Waals surface area (Å²) in [6.07, 6.45) is 7.08. The topological polar surface area (TPSA) is 42.7 Å². The minimum atomic E-state index is 0.376. The van der Waals surface area contributed by atoms with Gasteiger partial charge in [0.15, 0.2) is 0 Å². The van der Waals surface area contributed by atoms with E-state index in [1.165, 1.54) is 25.7 Å². The molecule has 0 spiro atoms. The summed E-state index contributed by atoms with van der Waals surface area (Å²) >= 11 is 0. The van der Waals surface area contributed by atoms with E-state index in [0.29, 0.717) is 5.41 Å². The van der Waals surface area contributed by atoms with E-state index in [-0.39, 0.29) is 0 Å². The summed E-state index contributed by atoms with van der Waals surface area (Å²) in [6.45, 7) is 8.80. The lowest BCUT2D eigenvalue weighted by atomic mass is 9.87. The zero-order valence-electron chi connectivity index (χ0n) is 11.7. The number of nitrogens with one attached hydrogen (secondary N) is 1. The summed E-state index contributed by atoms with van der Waals surface area (Å²) in [5.41, 5.74) is 1.51. The van der Waals surface area contributed by atoms with Gasteiger partial charge in [-0.1, -0.05) is 45.2 Å². The van der Waals surface area contributed by atoms with Crippen LogP contribution in [0.1, 0.15) is 52.1 Å². The molecule has 0 unspecified atom stereocenters. The first kappa shape index (κ1) is 14.2. The normalized spacial score (nSPS) is 12.0. The van der Waals surface area contributed by atoms with Crippen LogP contribution in [0, 0.1) is 5.41 Å². The Bertz CT molecular complexity index is 317. The molecule has 1 rings (SSSR count). The molecular formula is C13H26N4. The molecule has 1 aromatic heterocycles. The molecule has 0 aliphatic heterocycles. The van der Waals surface area contributed by atoms with Crippen LogP contribution in [0.5, 0.6) is 0 Å². The third-order valence-electron chi connectivity index (χ3n) is 3.17. The molecule has 0 saturated carbocycles. The highest BCUT2D eigenvalue weighted by atomic mass is 15.4. The Kier molecular flexibility index (Phi) is 5.62. The van der Waals surface area contributed by atoms with Crippen molar-refractivity contribution in [2.24, 2.45) is 12.5 Å². The first-order valence-electron chi connectivity index (χ1n) is 6.59. The van der Waals surface area contributed by atoms with E-state index >= 15 is 0 Å². The molecule has 98 valence electrons. The number of hydrogen-bond donors (Lipinski definition) is 1. The van der Waals surface area contributed by atoms with Gasteiger partial charge in [-0.3, -0.25) is 4.68 Å². The Morgan fingerprint density at radius 1 is 1.35 bits per heavy atom. The van der Waals surface area contributed by atoms with Gasteiger partial charge in [0, 0.05) is 20.1 Å². The lowest BCUT2D eigenvalue weighted by Crippen LogP contribution is -2.29. The van der Waals surface area contributed by atoms with E-state index in [4.69, 9.17) is 0 Å². The van der Waals surface area contributed by atoms with Gasteiger partial charge in [-0.15, -0.1) is 5.10 Å². The van der Waals surface area contributed by atoms with Crippen LogP contribution in [0.2, 0.25) is 0 Å². The molecule has 0 saturated heterocycles. The van der Waals surface area contributed by atoms with Gasteiger partial charge in [0.25, 0.3) is 0 Å². The van der Waals surface area contributed by atoms with E-state index < -0.39 is 0 Å². The fourth-order valence-electron chi connectivity index (χ4n) is 1.94. The summed E-state index contributed by atoms with van der Waals surface area (Å²) in [7, 11) is 1.93. The fourth-order valence-corrected chi connectivity index (χ4v) is 1.94. The quantitative estimate of drug-likeness (QED) is 0.708. The number of rotatable bonds is 8. The minimum Gasteiger partial charge on any atom is -0.311 e. The van der Waals surface area contributed by atoms with Crippen molar-refractivity contribution in [1.29, 1.82) is 0 Å². The van der Waals surface area contributed by atoms with E-state index in [2.05, 4.69) is 36.4 Å². The molecule has 4 nitrogen and oxygen atoms in total. The first-order chi connectivity index (χ1) is 8.05. The second-order valence-corrected chi connectivity index (χ2v) is 5.57. The summed E-state index contributed by atoms with van der Waals surface area (Å²) in [4.78, 5) is 0. The Morgan fingerprint density at radius 3 is 2.71 bits per heavy atom. The SMILES string of the molecule is CCCCCC(C)(C)CNCc1cnnn1C. The van der Waals surface area contributed by atoms with Gasteiger partial charge in [0.1, 0.15) is 0 Å².